The topological polar surface area (TPSA) is 82.8 Å². The molecule has 1 aliphatic rings. The molecule has 1 unspecified atom stereocenters. The largest absolute Gasteiger partial charge is 0.503 e. The monoisotopic (exact) mass is 424 g/mol. The van der Waals surface area contributed by atoms with Crippen molar-refractivity contribution < 1.29 is 15.0 Å². The molecule has 2 aromatic rings. The number of aliphatic hydroxyl groups is 1. The number of aliphatic hydroxyl groups excluding tert-OH is 1. The van der Waals surface area contributed by atoms with Crippen LogP contribution in [0.15, 0.2) is 29.1 Å². The molecule has 0 aliphatic carbocycles. The van der Waals surface area contributed by atoms with Crippen LogP contribution in [-0.2, 0) is 13.1 Å². The number of aromatic hydroxyl groups is 1. The quantitative estimate of drug-likeness (QED) is 0.788. The Morgan fingerprint density at radius 1 is 1.11 bits per heavy atom. The van der Waals surface area contributed by atoms with E-state index >= 15 is 0 Å². The first-order valence-corrected chi connectivity index (χ1v) is 9.64. The van der Waals surface area contributed by atoms with Crippen molar-refractivity contribution in [2.45, 2.75) is 40.0 Å². The third-order valence-corrected chi connectivity index (χ3v) is 5.60. The number of aromatic nitrogens is 1. The molecular weight excluding hydrogens is 403 g/mol. The van der Waals surface area contributed by atoms with Gasteiger partial charge in [0.25, 0.3) is 5.91 Å². The summed E-state index contributed by atoms with van der Waals surface area (Å²) in [6, 6.07) is 6.30. The summed E-state index contributed by atoms with van der Waals surface area (Å²) in [4.78, 5) is 26.8. The fraction of sp³-hybridized carbons (Fsp3) is 0.400. The molecule has 0 spiro atoms. The minimum Gasteiger partial charge on any atom is -0.503 e. The lowest BCUT2D eigenvalue weighted by atomic mass is 9.86. The molecule has 1 atom stereocenters. The van der Waals surface area contributed by atoms with E-state index in [9.17, 15) is 19.8 Å². The van der Waals surface area contributed by atoms with Crippen LogP contribution in [0.25, 0.3) is 0 Å². The van der Waals surface area contributed by atoms with Crippen molar-refractivity contribution >= 4 is 29.1 Å². The molecule has 0 fully saturated rings. The Bertz CT molecular complexity index is 995. The van der Waals surface area contributed by atoms with E-state index in [-0.39, 0.29) is 12.2 Å². The first kappa shape index (κ1) is 20.7. The van der Waals surface area contributed by atoms with Gasteiger partial charge in [0.2, 0.25) is 5.43 Å². The SMILES string of the molecule is CC(C)(C)C(O)c1cc(=O)c(O)c2n1CCN(Cc1ccc(Cl)c(Cl)c1)C2=O. The third kappa shape index (κ3) is 3.77. The second kappa shape index (κ2) is 7.43. The lowest BCUT2D eigenvalue weighted by Gasteiger charge is -2.35. The normalized spacial score (nSPS) is 15.5. The van der Waals surface area contributed by atoms with Gasteiger partial charge in [-0.05, 0) is 23.1 Å². The van der Waals surface area contributed by atoms with Crippen molar-refractivity contribution in [2.75, 3.05) is 6.54 Å². The highest BCUT2D eigenvalue weighted by Crippen LogP contribution is 2.34. The molecule has 3 rings (SSSR count). The number of amides is 1. The van der Waals surface area contributed by atoms with Crippen LogP contribution in [-0.4, -0.2) is 32.1 Å². The van der Waals surface area contributed by atoms with Crippen molar-refractivity contribution in [3.05, 3.63) is 61.5 Å². The van der Waals surface area contributed by atoms with Gasteiger partial charge in [0.05, 0.1) is 21.8 Å². The number of nitrogens with zero attached hydrogens (tertiary/aromatic N) is 2. The molecule has 6 nitrogen and oxygen atoms in total. The van der Waals surface area contributed by atoms with Crippen LogP contribution in [0.5, 0.6) is 5.75 Å². The third-order valence-electron chi connectivity index (χ3n) is 4.86. The molecule has 8 heteroatoms. The van der Waals surface area contributed by atoms with E-state index in [0.717, 1.165) is 5.56 Å². The van der Waals surface area contributed by atoms with Gasteiger partial charge in [0, 0.05) is 25.7 Å². The standard InChI is InChI=1S/C20H22Cl2N2O4/c1-20(2,3)18(27)14-9-15(25)17(26)16-19(28)23(6-7-24(14)16)10-11-4-5-12(21)13(22)8-11/h4-5,8-9,18,26-27H,6-7,10H2,1-3H3. The zero-order valence-electron chi connectivity index (χ0n) is 15.9. The predicted octanol–water partition coefficient (Wildman–Crippen LogP) is 3.60. The van der Waals surface area contributed by atoms with Crippen molar-refractivity contribution in [1.82, 2.24) is 9.47 Å². The number of pyridine rings is 1. The van der Waals surface area contributed by atoms with Crippen LogP contribution in [0.1, 0.15) is 48.6 Å². The Kier molecular flexibility index (Phi) is 5.49. The van der Waals surface area contributed by atoms with E-state index in [0.29, 0.717) is 28.8 Å². The summed E-state index contributed by atoms with van der Waals surface area (Å²) < 4.78 is 1.54. The van der Waals surface area contributed by atoms with Gasteiger partial charge in [-0.25, -0.2) is 0 Å². The Labute approximate surface area is 172 Å². The summed E-state index contributed by atoms with van der Waals surface area (Å²) in [6.45, 7) is 6.47. The Balaban J connectivity index is 2.01. The van der Waals surface area contributed by atoms with Gasteiger partial charge in [-0.1, -0.05) is 50.0 Å². The molecule has 0 radical (unpaired) electrons. The van der Waals surface area contributed by atoms with Crippen LogP contribution in [0.4, 0.5) is 0 Å². The molecule has 1 aromatic carbocycles. The van der Waals surface area contributed by atoms with Crippen molar-refractivity contribution in [1.29, 1.82) is 0 Å². The van der Waals surface area contributed by atoms with Crippen molar-refractivity contribution in [3.8, 4) is 5.75 Å². The Morgan fingerprint density at radius 2 is 1.79 bits per heavy atom. The molecule has 28 heavy (non-hydrogen) atoms. The minimum atomic E-state index is -0.964. The number of carbonyl (C=O) groups excluding carboxylic acids is 1. The number of halogens is 2. The molecular formula is C20H22Cl2N2O4. The van der Waals surface area contributed by atoms with E-state index in [1.165, 1.54) is 11.0 Å². The minimum absolute atomic E-state index is 0.0999. The molecule has 0 bridgehead atoms. The van der Waals surface area contributed by atoms with Gasteiger partial charge in [0.1, 0.15) is 0 Å². The summed E-state index contributed by atoms with van der Waals surface area (Å²) in [5.41, 5.74) is -0.215. The van der Waals surface area contributed by atoms with Crippen molar-refractivity contribution in [2.24, 2.45) is 5.41 Å². The summed E-state index contributed by atoms with van der Waals surface area (Å²) >= 11 is 12.0. The van der Waals surface area contributed by atoms with Gasteiger partial charge in [-0.15, -0.1) is 0 Å². The van der Waals surface area contributed by atoms with Gasteiger partial charge < -0.3 is 19.7 Å². The summed E-state index contributed by atoms with van der Waals surface area (Å²) in [7, 11) is 0. The lowest BCUT2D eigenvalue weighted by molar-refractivity contribution is 0.0494. The molecule has 2 heterocycles. The van der Waals surface area contributed by atoms with E-state index in [2.05, 4.69) is 0 Å². The van der Waals surface area contributed by atoms with E-state index < -0.39 is 28.6 Å². The molecule has 0 saturated carbocycles. The number of rotatable bonds is 3. The number of hydrogen-bond acceptors (Lipinski definition) is 4. The molecule has 150 valence electrons. The Hall–Kier alpha value is -2.02. The molecule has 2 N–H and O–H groups in total. The average Bonchev–Trinajstić information content (AvgIpc) is 2.61. The van der Waals surface area contributed by atoms with Crippen LogP contribution >= 0.6 is 23.2 Å². The summed E-state index contributed by atoms with van der Waals surface area (Å²) in [5, 5.41) is 21.8. The van der Waals surface area contributed by atoms with E-state index in [1.807, 2.05) is 20.8 Å². The fourth-order valence-corrected chi connectivity index (χ4v) is 3.58. The van der Waals surface area contributed by atoms with Gasteiger partial charge >= 0.3 is 0 Å². The fourth-order valence-electron chi connectivity index (χ4n) is 3.26. The first-order valence-electron chi connectivity index (χ1n) is 8.88. The zero-order valence-corrected chi connectivity index (χ0v) is 17.4. The number of fused-ring (bicyclic) bond motifs is 1. The number of hydrogen-bond donors (Lipinski definition) is 2. The van der Waals surface area contributed by atoms with Crippen LogP contribution in [0, 0.1) is 5.41 Å². The van der Waals surface area contributed by atoms with Crippen LogP contribution in [0.3, 0.4) is 0 Å². The summed E-state index contributed by atoms with van der Waals surface area (Å²) in [5.74, 6) is -1.08. The highest BCUT2D eigenvalue weighted by atomic mass is 35.5. The molecule has 0 saturated heterocycles. The van der Waals surface area contributed by atoms with Crippen molar-refractivity contribution in [3.63, 3.8) is 0 Å². The van der Waals surface area contributed by atoms with E-state index in [1.54, 1.807) is 22.8 Å². The first-order chi connectivity index (χ1) is 13.0. The molecule has 1 amide bonds. The van der Waals surface area contributed by atoms with Crippen LogP contribution < -0.4 is 5.43 Å². The zero-order chi connectivity index (χ0) is 20.8. The maximum absolute atomic E-state index is 13.0. The molecule has 1 aromatic heterocycles. The predicted molar refractivity (Wildman–Crippen MR) is 108 cm³/mol. The molecule has 1 aliphatic heterocycles. The highest BCUT2D eigenvalue weighted by Gasteiger charge is 2.34. The van der Waals surface area contributed by atoms with E-state index in [4.69, 9.17) is 23.2 Å². The summed E-state index contributed by atoms with van der Waals surface area (Å²) in [6.07, 6.45) is -0.964. The highest BCUT2D eigenvalue weighted by molar-refractivity contribution is 6.42. The van der Waals surface area contributed by atoms with Gasteiger partial charge in [-0.2, -0.15) is 0 Å². The Morgan fingerprint density at radius 3 is 2.39 bits per heavy atom. The second-order valence-electron chi connectivity index (χ2n) is 8.03. The smallest absolute Gasteiger partial charge is 0.274 e. The number of benzene rings is 1. The van der Waals surface area contributed by atoms with Gasteiger partial charge in [-0.3, -0.25) is 9.59 Å². The number of carbonyl (C=O) groups is 1. The van der Waals surface area contributed by atoms with Crippen LogP contribution in [0.2, 0.25) is 10.0 Å². The van der Waals surface area contributed by atoms with Gasteiger partial charge in [0.15, 0.2) is 11.4 Å². The average molecular weight is 425 g/mol. The lowest BCUT2D eigenvalue weighted by Crippen LogP contribution is -2.43. The second-order valence-corrected chi connectivity index (χ2v) is 8.84. The maximum atomic E-state index is 13.0. The maximum Gasteiger partial charge on any atom is 0.274 e.